The van der Waals surface area contributed by atoms with Crippen molar-refractivity contribution >= 4 is 5.91 Å². The first-order valence-electron chi connectivity index (χ1n) is 11.4. The van der Waals surface area contributed by atoms with Crippen LogP contribution in [-0.4, -0.2) is 59.4 Å². The van der Waals surface area contributed by atoms with Gasteiger partial charge in [0.1, 0.15) is 23.1 Å². The summed E-state index contributed by atoms with van der Waals surface area (Å²) >= 11 is 0. The first-order chi connectivity index (χ1) is 16.2. The molecule has 9 nitrogen and oxygen atoms in total. The van der Waals surface area contributed by atoms with Gasteiger partial charge in [-0.3, -0.25) is 9.78 Å². The van der Waals surface area contributed by atoms with Crippen LogP contribution < -0.4 is 4.74 Å². The molecular formula is C25H35N4O5U-. The van der Waals surface area contributed by atoms with Crippen LogP contribution in [0.2, 0.25) is 0 Å². The number of hydroxylamine groups is 1. The molecule has 1 amide bonds. The van der Waals surface area contributed by atoms with Crippen LogP contribution in [0.15, 0.2) is 22.9 Å². The Balaban J connectivity index is 0.000000362. The van der Waals surface area contributed by atoms with Gasteiger partial charge in [-0.2, -0.15) is 0 Å². The molecule has 0 bridgehead atoms. The van der Waals surface area contributed by atoms with Gasteiger partial charge in [0.05, 0.1) is 25.5 Å². The zero-order valence-electron chi connectivity index (χ0n) is 21.3. The van der Waals surface area contributed by atoms with Crippen LogP contribution in [0.1, 0.15) is 68.7 Å². The van der Waals surface area contributed by atoms with E-state index < -0.39 is 6.10 Å². The van der Waals surface area contributed by atoms with E-state index in [9.17, 15) is 9.90 Å². The number of β-amino-alcohol motifs (C(OH)–C–C–N with tert-alkyl or cyclic N) is 1. The Labute approximate surface area is 231 Å². The molecule has 1 saturated heterocycles. The molecule has 2 atom stereocenters. The molecule has 2 unspecified atom stereocenters. The fraction of sp³-hybridized carbons (Fsp3) is 0.560. The predicted molar refractivity (Wildman–Crippen MR) is 128 cm³/mol. The van der Waals surface area contributed by atoms with E-state index in [0.717, 1.165) is 5.69 Å². The van der Waals surface area contributed by atoms with Crippen molar-refractivity contribution in [1.29, 1.82) is 0 Å². The van der Waals surface area contributed by atoms with E-state index >= 15 is 0 Å². The Morgan fingerprint density at radius 2 is 2.09 bits per heavy atom. The summed E-state index contributed by atoms with van der Waals surface area (Å²) in [5.74, 6) is 3.85. The molecule has 2 aromatic rings. The molecule has 0 radical (unpaired) electrons. The third kappa shape index (κ3) is 8.93. The largest absolute Gasteiger partial charge is 0.537 e. The normalized spacial score (nSPS) is 15.8. The van der Waals surface area contributed by atoms with Gasteiger partial charge in [-0.05, 0) is 24.3 Å². The number of hydrogen-bond donors (Lipinski definition) is 1. The molecule has 0 saturated carbocycles. The van der Waals surface area contributed by atoms with E-state index in [-0.39, 0.29) is 61.4 Å². The quantitative estimate of drug-likeness (QED) is 0.329. The van der Waals surface area contributed by atoms with Gasteiger partial charge in [0.25, 0.3) is 0 Å². The minimum Gasteiger partial charge on any atom is -0.537 e. The predicted octanol–water partition coefficient (Wildman–Crippen LogP) is 3.64. The van der Waals surface area contributed by atoms with Crippen LogP contribution in [0, 0.1) is 49.4 Å². The maximum absolute atomic E-state index is 12.6. The van der Waals surface area contributed by atoms with Crippen LogP contribution in [0.25, 0.3) is 5.48 Å². The fourth-order valence-electron chi connectivity index (χ4n) is 3.56. The average molecular weight is 710 g/mol. The summed E-state index contributed by atoms with van der Waals surface area (Å²) in [7, 11) is 3.12. The maximum atomic E-state index is 12.6. The number of carbonyl (C=O) groups is 1. The number of methoxy groups -OCH3 is 1. The Hall–Kier alpha value is -1.88. The van der Waals surface area contributed by atoms with E-state index in [0.29, 0.717) is 42.3 Å². The Morgan fingerprint density at radius 1 is 1.37 bits per heavy atom. The van der Waals surface area contributed by atoms with E-state index in [1.54, 1.807) is 31.3 Å². The number of ether oxygens (including phenoxy) is 1. The van der Waals surface area contributed by atoms with E-state index in [1.165, 1.54) is 0 Å². The summed E-state index contributed by atoms with van der Waals surface area (Å²) in [5, 5.41) is 13.6. The first-order valence-corrected chi connectivity index (χ1v) is 11.4. The SMILES string of the molecule is C#Cc1cnc(CO[N-]C)c(OC)c1.CC(C)c1cc(C(C(=O)N2CCC(O)C2)C(C)C)on1.[U]. The van der Waals surface area contributed by atoms with Gasteiger partial charge in [-0.15, -0.1) is 13.5 Å². The van der Waals surface area contributed by atoms with Crippen molar-refractivity contribution < 1.29 is 55.1 Å². The monoisotopic (exact) mass is 709 g/mol. The van der Waals surface area contributed by atoms with E-state index in [4.69, 9.17) is 20.5 Å². The number of amides is 1. The van der Waals surface area contributed by atoms with Gasteiger partial charge in [0.15, 0.2) is 0 Å². The van der Waals surface area contributed by atoms with Crippen LogP contribution in [0.3, 0.4) is 0 Å². The van der Waals surface area contributed by atoms with Gasteiger partial charge >= 0.3 is 0 Å². The number of likely N-dealkylation sites (tertiary alicyclic amines) is 1. The summed E-state index contributed by atoms with van der Waals surface area (Å²) in [6, 6.07) is 3.63. The summed E-state index contributed by atoms with van der Waals surface area (Å²) in [4.78, 5) is 23.3. The zero-order valence-corrected chi connectivity index (χ0v) is 25.5. The van der Waals surface area contributed by atoms with Gasteiger partial charge in [-0.25, -0.2) is 0 Å². The van der Waals surface area contributed by atoms with E-state index in [2.05, 4.69) is 21.5 Å². The number of rotatable bonds is 8. The van der Waals surface area contributed by atoms with Crippen LogP contribution in [0.5, 0.6) is 5.75 Å². The molecule has 1 fully saturated rings. The molecule has 1 aliphatic heterocycles. The third-order valence-corrected chi connectivity index (χ3v) is 5.50. The summed E-state index contributed by atoms with van der Waals surface area (Å²) in [5.41, 5.74) is 5.75. The zero-order chi connectivity index (χ0) is 25.3. The molecule has 35 heavy (non-hydrogen) atoms. The van der Waals surface area contributed by atoms with Gasteiger partial charge in [0, 0.05) is 62.0 Å². The van der Waals surface area contributed by atoms with E-state index in [1.807, 2.05) is 33.8 Å². The van der Waals surface area contributed by atoms with Gasteiger partial charge in [0.2, 0.25) is 5.91 Å². The Bertz CT molecular complexity index is 973. The van der Waals surface area contributed by atoms with Crippen LogP contribution >= 0.6 is 0 Å². The molecule has 10 heteroatoms. The minimum atomic E-state index is -0.396. The molecule has 0 aliphatic carbocycles. The van der Waals surface area contributed by atoms with Crippen LogP contribution in [0.4, 0.5) is 0 Å². The Kier molecular flexibility index (Phi) is 13.6. The average Bonchev–Trinajstić information content (AvgIpc) is 3.47. The molecule has 0 aromatic carbocycles. The molecule has 1 N–H and O–H groups in total. The molecule has 2 aromatic heterocycles. The van der Waals surface area contributed by atoms with Crippen molar-refractivity contribution in [3.8, 4) is 18.1 Å². The number of terminal acetylenes is 1. The second-order valence-corrected chi connectivity index (χ2v) is 8.73. The molecule has 190 valence electrons. The third-order valence-electron chi connectivity index (χ3n) is 5.50. The summed E-state index contributed by atoms with van der Waals surface area (Å²) in [6.45, 7) is 9.43. The number of aliphatic hydroxyl groups excluding tert-OH is 1. The van der Waals surface area contributed by atoms with Crippen LogP contribution in [-0.2, 0) is 16.2 Å². The van der Waals surface area contributed by atoms with Gasteiger partial charge in [-0.1, -0.05) is 38.8 Å². The maximum Gasteiger partial charge on any atom is 0.233 e. The smallest absolute Gasteiger partial charge is 0.233 e. The number of hydrogen-bond acceptors (Lipinski definition) is 7. The summed E-state index contributed by atoms with van der Waals surface area (Å²) < 4.78 is 10.5. The second kappa shape index (κ2) is 15.3. The standard InChI is InChI=1S/C15H24N2O3.C10H11N2O2.U/c1-9(2)12-7-13(20-16-12)14(10(3)4)15(19)17-6-5-11(18)8-17;1-4-8-5-10(13-3)9(12-6-8)7-14-11-2;/h7,9-11,14,18H,5-6,8H2,1-4H3;1,5-6H,7H2,2-3H3;/q;-1;. The van der Waals surface area contributed by atoms with Crippen molar-refractivity contribution in [2.75, 3.05) is 27.2 Å². The first kappa shape index (κ1) is 31.2. The number of carbonyl (C=O) groups excluding carboxylic acids is 1. The molecule has 0 spiro atoms. The van der Waals surface area contributed by atoms with Gasteiger partial charge < -0.3 is 29.6 Å². The topological polar surface area (TPSA) is 112 Å². The number of nitrogens with zero attached hydrogens (tertiary/aromatic N) is 4. The van der Waals surface area contributed by atoms with Crippen molar-refractivity contribution in [2.24, 2.45) is 5.92 Å². The fourth-order valence-corrected chi connectivity index (χ4v) is 3.56. The molecule has 3 heterocycles. The number of aromatic nitrogens is 2. The van der Waals surface area contributed by atoms with Crippen molar-refractivity contribution in [3.63, 3.8) is 0 Å². The summed E-state index contributed by atoms with van der Waals surface area (Å²) in [6.07, 6.45) is 7.08. The Morgan fingerprint density at radius 3 is 2.57 bits per heavy atom. The molecule has 1 aliphatic rings. The minimum absolute atomic E-state index is 0. The van der Waals surface area contributed by atoms with Crippen molar-refractivity contribution in [3.05, 3.63) is 46.5 Å². The molecular weight excluding hydrogens is 674 g/mol. The number of aliphatic hydroxyl groups is 1. The number of pyridine rings is 1. The van der Waals surface area contributed by atoms with Crippen molar-refractivity contribution in [2.45, 2.75) is 58.7 Å². The van der Waals surface area contributed by atoms with Crippen molar-refractivity contribution in [1.82, 2.24) is 15.0 Å². The molecule has 3 rings (SSSR count). The second-order valence-electron chi connectivity index (χ2n) is 8.73.